The largest absolute Gasteiger partial charge is 0.508 e. The van der Waals surface area contributed by atoms with Crippen LogP contribution in [-0.4, -0.2) is 62.3 Å². The zero-order valence-corrected chi connectivity index (χ0v) is 21.0. The first-order chi connectivity index (χ1) is 15.7. The SMILES string of the molecule is CCCOC(=O)[C@H]1[C@H](C(=O)OCC[Si](C)(C)C)C2C/C(=N\NCCO)[C@H]1c1cc(O)ccc12. The van der Waals surface area contributed by atoms with Gasteiger partial charge in [0, 0.05) is 25.6 Å². The second-order valence-electron chi connectivity index (χ2n) is 10.0. The molecule has 0 spiro atoms. The molecular weight excluding hydrogens is 440 g/mol. The third kappa shape index (κ3) is 5.76. The molecule has 1 saturated carbocycles. The zero-order chi connectivity index (χ0) is 24.2. The average Bonchev–Trinajstić information content (AvgIpc) is 2.76. The quantitative estimate of drug-likeness (QED) is 0.206. The zero-order valence-electron chi connectivity index (χ0n) is 20.0. The molecule has 0 saturated heterocycles. The maximum Gasteiger partial charge on any atom is 0.310 e. The Bertz CT molecular complexity index is 897. The van der Waals surface area contributed by atoms with Gasteiger partial charge in [-0.2, -0.15) is 5.10 Å². The summed E-state index contributed by atoms with van der Waals surface area (Å²) in [5, 5.41) is 23.7. The number of fused-ring (bicyclic) bond motifs is 2. The molecule has 4 atom stereocenters. The number of ether oxygens (including phenoxy) is 2. The number of hydrogen-bond donors (Lipinski definition) is 3. The number of phenolic OH excluding ortho intramolecular Hbond substituents is 1. The molecule has 9 heteroatoms. The van der Waals surface area contributed by atoms with Gasteiger partial charge in [0.05, 0.1) is 38.2 Å². The van der Waals surface area contributed by atoms with Crippen molar-refractivity contribution in [3.63, 3.8) is 0 Å². The van der Waals surface area contributed by atoms with Gasteiger partial charge < -0.3 is 25.1 Å². The van der Waals surface area contributed by atoms with Crippen LogP contribution in [0.3, 0.4) is 0 Å². The summed E-state index contributed by atoms with van der Waals surface area (Å²) >= 11 is 0. The highest BCUT2D eigenvalue weighted by atomic mass is 28.3. The van der Waals surface area contributed by atoms with Crippen LogP contribution in [0, 0.1) is 11.8 Å². The van der Waals surface area contributed by atoms with Gasteiger partial charge >= 0.3 is 11.9 Å². The number of aliphatic hydroxyl groups excluding tert-OH is 1. The molecule has 2 bridgehead atoms. The number of rotatable bonds is 10. The lowest BCUT2D eigenvalue weighted by Gasteiger charge is -2.47. The Morgan fingerprint density at radius 1 is 1.12 bits per heavy atom. The molecule has 3 aliphatic rings. The van der Waals surface area contributed by atoms with Crippen LogP contribution in [0.1, 0.15) is 42.7 Å². The fourth-order valence-electron chi connectivity index (χ4n) is 4.76. The number of nitrogens with one attached hydrogen (secondary N) is 1. The Morgan fingerprint density at radius 3 is 2.48 bits per heavy atom. The molecule has 4 rings (SSSR count). The van der Waals surface area contributed by atoms with Gasteiger partial charge in [-0.25, -0.2) is 0 Å². The minimum absolute atomic E-state index is 0.0732. The van der Waals surface area contributed by atoms with Crippen molar-refractivity contribution in [2.45, 2.75) is 57.3 Å². The van der Waals surface area contributed by atoms with E-state index >= 15 is 0 Å². The fraction of sp³-hybridized carbons (Fsp3) is 0.625. The number of hydrazone groups is 1. The summed E-state index contributed by atoms with van der Waals surface area (Å²) in [7, 11) is -1.38. The van der Waals surface area contributed by atoms with E-state index in [0.29, 0.717) is 19.4 Å². The van der Waals surface area contributed by atoms with Crippen molar-refractivity contribution < 1.29 is 29.3 Å². The summed E-state index contributed by atoms with van der Waals surface area (Å²) in [6.45, 7) is 9.41. The van der Waals surface area contributed by atoms with Crippen LogP contribution < -0.4 is 5.43 Å². The lowest BCUT2D eigenvalue weighted by molar-refractivity contribution is -0.163. The van der Waals surface area contributed by atoms with Gasteiger partial charge in [-0.15, -0.1) is 0 Å². The summed E-state index contributed by atoms with van der Waals surface area (Å²) < 4.78 is 11.2. The molecule has 1 unspecified atom stereocenters. The summed E-state index contributed by atoms with van der Waals surface area (Å²) in [5.41, 5.74) is 5.29. The van der Waals surface area contributed by atoms with Gasteiger partial charge in [0.2, 0.25) is 0 Å². The molecule has 1 aromatic rings. The predicted octanol–water partition coefficient (Wildman–Crippen LogP) is 2.98. The molecule has 0 radical (unpaired) electrons. The summed E-state index contributed by atoms with van der Waals surface area (Å²) in [6.07, 6.45) is 1.17. The lowest BCUT2D eigenvalue weighted by atomic mass is 9.55. The predicted molar refractivity (Wildman–Crippen MR) is 128 cm³/mol. The van der Waals surface area contributed by atoms with E-state index in [4.69, 9.17) is 14.6 Å². The molecule has 8 nitrogen and oxygen atoms in total. The van der Waals surface area contributed by atoms with Crippen LogP contribution in [0.5, 0.6) is 5.75 Å². The molecular formula is C24H36N2O6Si. The molecule has 1 fully saturated rings. The highest BCUT2D eigenvalue weighted by Crippen LogP contribution is 2.55. The maximum absolute atomic E-state index is 13.4. The number of aromatic hydroxyl groups is 1. The van der Waals surface area contributed by atoms with Crippen molar-refractivity contribution in [2.24, 2.45) is 16.9 Å². The van der Waals surface area contributed by atoms with Crippen LogP contribution in [0.15, 0.2) is 23.3 Å². The normalized spacial score (nSPS) is 24.9. The number of phenols is 1. The third-order valence-corrected chi connectivity index (χ3v) is 8.01. The van der Waals surface area contributed by atoms with Crippen LogP contribution in [0.25, 0.3) is 0 Å². The van der Waals surface area contributed by atoms with Crippen LogP contribution >= 0.6 is 0 Å². The molecule has 1 aromatic carbocycles. The Hall–Kier alpha value is -2.39. The van der Waals surface area contributed by atoms with E-state index in [2.05, 4.69) is 30.2 Å². The van der Waals surface area contributed by atoms with Crippen molar-refractivity contribution in [1.29, 1.82) is 0 Å². The van der Waals surface area contributed by atoms with Crippen molar-refractivity contribution in [1.82, 2.24) is 5.43 Å². The second kappa shape index (κ2) is 10.7. The van der Waals surface area contributed by atoms with E-state index in [1.807, 2.05) is 13.0 Å². The molecule has 0 aromatic heterocycles. The van der Waals surface area contributed by atoms with Crippen LogP contribution in [0.2, 0.25) is 25.7 Å². The molecule has 0 heterocycles. The maximum atomic E-state index is 13.4. The first kappa shape index (κ1) is 25.2. The molecule has 182 valence electrons. The van der Waals surface area contributed by atoms with Gasteiger partial charge in [0.1, 0.15) is 5.75 Å². The molecule has 33 heavy (non-hydrogen) atoms. The van der Waals surface area contributed by atoms with E-state index < -0.39 is 31.8 Å². The number of carbonyl (C=O) groups excluding carboxylic acids is 2. The molecule has 3 aliphatic carbocycles. The highest BCUT2D eigenvalue weighted by Gasteiger charge is 2.57. The third-order valence-electron chi connectivity index (χ3n) is 6.31. The van der Waals surface area contributed by atoms with E-state index in [0.717, 1.165) is 22.9 Å². The number of carbonyl (C=O) groups is 2. The van der Waals surface area contributed by atoms with Crippen molar-refractivity contribution in [3.8, 4) is 5.75 Å². The van der Waals surface area contributed by atoms with Gasteiger partial charge in [0.15, 0.2) is 0 Å². The van der Waals surface area contributed by atoms with Gasteiger partial charge in [-0.1, -0.05) is 32.6 Å². The Kier molecular flexibility index (Phi) is 8.17. The molecule has 3 N–H and O–H groups in total. The Balaban J connectivity index is 2.00. The topological polar surface area (TPSA) is 117 Å². The molecule has 0 amide bonds. The second-order valence-corrected chi connectivity index (χ2v) is 15.7. The number of esters is 2. The minimum Gasteiger partial charge on any atom is -0.508 e. The average molecular weight is 477 g/mol. The van der Waals surface area contributed by atoms with Gasteiger partial charge in [-0.05, 0) is 42.1 Å². The van der Waals surface area contributed by atoms with E-state index in [9.17, 15) is 14.7 Å². The van der Waals surface area contributed by atoms with Gasteiger partial charge in [-0.3, -0.25) is 9.59 Å². The van der Waals surface area contributed by atoms with Crippen molar-refractivity contribution in [2.75, 3.05) is 26.4 Å². The first-order valence-electron chi connectivity index (χ1n) is 11.7. The number of hydrogen-bond acceptors (Lipinski definition) is 8. The molecule has 0 aliphatic heterocycles. The Morgan fingerprint density at radius 2 is 1.82 bits per heavy atom. The standard InChI is InChI=1S/C24H36N2O6Si/c1-5-10-31-24(30)22-20-17-13-15(28)6-7-16(17)18(14-19(20)26-25-8-9-27)21(22)23(29)32-11-12-33(2,3)4/h6-7,13,18,20-22,25,27-28H,5,8-12,14H2,1-4H3/b26-19+/t18?,20-,21-,22-/m1/s1. The van der Waals surface area contributed by atoms with Crippen LogP contribution in [0.4, 0.5) is 0 Å². The highest BCUT2D eigenvalue weighted by molar-refractivity contribution is 6.76. The van der Waals surface area contributed by atoms with E-state index in [1.54, 1.807) is 12.1 Å². The summed E-state index contributed by atoms with van der Waals surface area (Å²) in [6, 6.07) is 5.95. The number of aliphatic hydroxyl groups is 1. The fourth-order valence-corrected chi connectivity index (χ4v) is 5.47. The summed E-state index contributed by atoms with van der Waals surface area (Å²) in [5.74, 6) is -2.99. The summed E-state index contributed by atoms with van der Waals surface area (Å²) in [4.78, 5) is 26.6. The number of nitrogens with zero attached hydrogens (tertiary/aromatic N) is 1. The smallest absolute Gasteiger partial charge is 0.310 e. The van der Waals surface area contributed by atoms with Gasteiger partial charge in [0.25, 0.3) is 0 Å². The van der Waals surface area contributed by atoms with Crippen LogP contribution in [-0.2, 0) is 19.1 Å². The van der Waals surface area contributed by atoms with Crippen molar-refractivity contribution in [3.05, 3.63) is 29.3 Å². The van der Waals surface area contributed by atoms with E-state index in [-0.39, 0.29) is 37.4 Å². The monoisotopic (exact) mass is 476 g/mol. The number of benzene rings is 1. The lowest BCUT2D eigenvalue weighted by Crippen LogP contribution is -2.51. The Labute approximate surface area is 196 Å². The van der Waals surface area contributed by atoms with E-state index in [1.165, 1.54) is 0 Å². The first-order valence-corrected chi connectivity index (χ1v) is 15.4. The van der Waals surface area contributed by atoms with Crippen molar-refractivity contribution >= 4 is 25.7 Å². The minimum atomic E-state index is -1.38.